The van der Waals surface area contributed by atoms with Gasteiger partial charge in [-0.05, 0) is 50.2 Å². The van der Waals surface area contributed by atoms with Crippen LogP contribution in [-0.4, -0.2) is 24.5 Å². The molecule has 1 heteroatoms. The first-order chi connectivity index (χ1) is 7.67. The van der Waals surface area contributed by atoms with Gasteiger partial charge in [0.25, 0.3) is 0 Å². The fourth-order valence-electron chi connectivity index (χ4n) is 3.02. The monoisotopic (exact) mass is 224 g/mol. The predicted molar refractivity (Wildman–Crippen MR) is 72.4 cm³/mol. The van der Waals surface area contributed by atoms with Gasteiger partial charge in [0, 0.05) is 0 Å². The second-order valence-corrected chi connectivity index (χ2v) is 5.59. The van der Waals surface area contributed by atoms with Crippen molar-refractivity contribution in [2.75, 3.05) is 19.6 Å². The molecule has 1 aliphatic rings. The number of hydrogen-bond acceptors (Lipinski definition) is 1. The van der Waals surface area contributed by atoms with Crippen LogP contribution in [0.2, 0.25) is 0 Å². The number of hydrogen-bond donors (Lipinski definition) is 0. The minimum atomic E-state index is 0.649. The van der Waals surface area contributed by atoms with Gasteiger partial charge in [0.15, 0.2) is 0 Å². The number of nitrogens with zero attached hydrogens (tertiary/aromatic N) is 1. The van der Waals surface area contributed by atoms with Crippen molar-refractivity contribution in [1.82, 2.24) is 4.90 Å². The lowest BCUT2D eigenvalue weighted by Crippen LogP contribution is -2.28. The van der Waals surface area contributed by atoms with Crippen LogP contribution in [0.15, 0.2) is 0 Å². The molecule has 0 aromatic heterocycles. The quantitative estimate of drug-likeness (QED) is 0.659. The molecule has 1 fully saturated rings. The van der Waals surface area contributed by atoms with E-state index in [9.17, 15) is 0 Å². The summed E-state index contributed by atoms with van der Waals surface area (Å²) in [5.74, 6) is 2.52. The van der Waals surface area contributed by atoms with Gasteiger partial charge in [-0.25, -0.2) is 0 Å². The average Bonchev–Trinajstić information content (AvgIpc) is 2.31. The Morgan fingerprint density at radius 2 is 1.94 bits per heavy atom. The Kier molecular flexibility index (Phi) is 6.41. The molecular formula is C15H30N. The number of rotatable bonds is 6. The molecule has 95 valence electrons. The van der Waals surface area contributed by atoms with Crippen LogP contribution >= 0.6 is 0 Å². The lowest BCUT2D eigenvalue weighted by molar-refractivity contribution is 0.193. The third kappa shape index (κ3) is 4.45. The Hall–Kier alpha value is -0.0400. The Morgan fingerprint density at radius 1 is 1.25 bits per heavy atom. The first-order valence-electron chi connectivity index (χ1n) is 7.22. The maximum atomic E-state index is 4.21. The summed E-state index contributed by atoms with van der Waals surface area (Å²) in [7, 11) is 0. The van der Waals surface area contributed by atoms with Crippen LogP contribution in [0.1, 0.15) is 52.9 Å². The molecule has 16 heavy (non-hydrogen) atoms. The molecule has 0 saturated heterocycles. The largest absolute Gasteiger partial charge is 0.304 e. The zero-order valence-electron chi connectivity index (χ0n) is 11.5. The molecule has 0 aromatic rings. The standard InChI is InChI=1S/C15H30N/c1-5-16(6-2)11-10-14-8-7-9-15(12-14)13(3)4/h13-15H,3,5-12H2,1-2,4H3. The Morgan fingerprint density at radius 3 is 2.50 bits per heavy atom. The zero-order chi connectivity index (χ0) is 12.0. The van der Waals surface area contributed by atoms with Crippen LogP contribution in [0.5, 0.6) is 0 Å². The second kappa shape index (κ2) is 7.32. The van der Waals surface area contributed by atoms with Gasteiger partial charge >= 0.3 is 0 Å². The molecule has 1 radical (unpaired) electrons. The summed E-state index contributed by atoms with van der Waals surface area (Å²) in [4.78, 5) is 2.55. The van der Waals surface area contributed by atoms with Gasteiger partial charge in [-0.15, -0.1) is 0 Å². The summed E-state index contributed by atoms with van der Waals surface area (Å²) in [6, 6.07) is 0. The maximum Gasteiger partial charge on any atom is -0.00163 e. The minimum absolute atomic E-state index is 0.649. The van der Waals surface area contributed by atoms with Gasteiger partial charge < -0.3 is 4.90 Å². The van der Waals surface area contributed by atoms with Gasteiger partial charge in [0.2, 0.25) is 0 Å². The van der Waals surface area contributed by atoms with Crippen LogP contribution < -0.4 is 0 Å². The van der Waals surface area contributed by atoms with Gasteiger partial charge in [0.05, 0.1) is 0 Å². The van der Waals surface area contributed by atoms with E-state index < -0.39 is 0 Å². The molecule has 1 aliphatic carbocycles. The van der Waals surface area contributed by atoms with Crippen molar-refractivity contribution >= 4 is 0 Å². The van der Waals surface area contributed by atoms with Crippen molar-refractivity contribution in [1.29, 1.82) is 0 Å². The summed E-state index contributed by atoms with van der Waals surface area (Å²) in [6.45, 7) is 14.8. The molecule has 1 nitrogen and oxygen atoms in total. The van der Waals surface area contributed by atoms with E-state index in [1.165, 1.54) is 51.7 Å². The Bertz CT molecular complexity index is 172. The highest BCUT2D eigenvalue weighted by atomic mass is 15.1. The summed E-state index contributed by atoms with van der Waals surface area (Å²) in [5.41, 5.74) is 0. The van der Waals surface area contributed by atoms with Crippen molar-refractivity contribution in [3.8, 4) is 0 Å². The van der Waals surface area contributed by atoms with E-state index in [1.54, 1.807) is 0 Å². The first-order valence-corrected chi connectivity index (χ1v) is 7.22. The molecule has 0 amide bonds. The van der Waals surface area contributed by atoms with E-state index in [1.807, 2.05) is 0 Å². The minimum Gasteiger partial charge on any atom is -0.304 e. The van der Waals surface area contributed by atoms with Crippen molar-refractivity contribution in [3.63, 3.8) is 0 Å². The molecule has 0 N–H and O–H groups in total. The molecule has 3 unspecified atom stereocenters. The molecular weight excluding hydrogens is 194 g/mol. The van der Waals surface area contributed by atoms with Crippen molar-refractivity contribution in [3.05, 3.63) is 6.92 Å². The smallest absolute Gasteiger partial charge is 0.00163 e. The third-order valence-electron chi connectivity index (χ3n) is 4.38. The van der Waals surface area contributed by atoms with E-state index in [4.69, 9.17) is 0 Å². The van der Waals surface area contributed by atoms with Gasteiger partial charge in [-0.1, -0.05) is 47.0 Å². The third-order valence-corrected chi connectivity index (χ3v) is 4.38. The Balaban J connectivity index is 2.26. The van der Waals surface area contributed by atoms with Crippen molar-refractivity contribution in [2.45, 2.75) is 52.9 Å². The highest BCUT2D eigenvalue weighted by molar-refractivity contribution is 4.78. The molecule has 1 saturated carbocycles. The lowest BCUT2D eigenvalue weighted by Gasteiger charge is -2.32. The highest BCUT2D eigenvalue weighted by Crippen LogP contribution is 2.35. The molecule has 0 heterocycles. The van der Waals surface area contributed by atoms with Gasteiger partial charge in [-0.2, -0.15) is 0 Å². The van der Waals surface area contributed by atoms with Crippen LogP contribution in [0.25, 0.3) is 0 Å². The van der Waals surface area contributed by atoms with E-state index in [2.05, 4.69) is 32.6 Å². The molecule has 3 atom stereocenters. The fourth-order valence-corrected chi connectivity index (χ4v) is 3.02. The summed E-state index contributed by atoms with van der Waals surface area (Å²) >= 11 is 0. The topological polar surface area (TPSA) is 3.24 Å². The molecule has 0 aromatic carbocycles. The van der Waals surface area contributed by atoms with Crippen LogP contribution in [0.4, 0.5) is 0 Å². The zero-order valence-corrected chi connectivity index (χ0v) is 11.5. The molecule has 0 spiro atoms. The van der Waals surface area contributed by atoms with Gasteiger partial charge in [-0.3, -0.25) is 0 Å². The van der Waals surface area contributed by atoms with Gasteiger partial charge in [0.1, 0.15) is 0 Å². The average molecular weight is 224 g/mol. The molecule has 0 bridgehead atoms. The molecule has 0 aliphatic heterocycles. The first kappa shape index (κ1) is 14.0. The highest BCUT2D eigenvalue weighted by Gasteiger charge is 2.24. The second-order valence-electron chi connectivity index (χ2n) is 5.59. The fraction of sp³-hybridized carbons (Fsp3) is 0.933. The SMILES string of the molecule is [CH2]C(C)C1CCCC(CCN(CC)CC)C1. The van der Waals surface area contributed by atoms with Crippen molar-refractivity contribution in [2.24, 2.45) is 17.8 Å². The van der Waals surface area contributed by atoms with Crippen LogP contribution in [-0.2, 0) is 0 Å². The normalized spacial score (nSPS) is 26.6. The summed E-state index contributed by atoms with van der Waals surface area (Å²) in [6.07, 6.45) is 7.17. The lowest BCUT2D eigenvalue weighted by atomic mass is 9.75. The van der Waals surface area contributed by atoms with Crippen molar-refractivity contribution < 1.29 is 0 Å². The summed E-state index contributed by atoms with van der Waals surface area (Å²) in [5, 5.41) is 0. The van der Waals surface area contributed by atoms with Crippen LogP contribution in [0, 0.1) is 24.7 Å². The van der Waals surface area contributed by atoms with E-state index >= 15 is 0 Å². The van der Waals surface area contributed by atoms with E-state index in [0.717, 1.165) is 11.8 Å². The maximum absolute atomic E-state index is 4.21. The van der Waals surface area contributed by atoms with E-state index in [0.29, 0.717) is 5.92 Å². The summed E-state index contributed by atoms with van der Waals surface area (Å²) < 4.78 is 0. The Labute approximate surface area is 103 Å². The van der Waals surface area contributed by atoms with E-state index in [-0.39, 0.29) is 0 Å². The molecule has 1 rings (SSSR count). The van der Waals surface area contributed by atoms with Crippen LogP contribution in [0.3, 0.4) is 0 Å². The predicted octanol–water partition coefficient (Wildman–Crippen LogP) is 3.99.